The van der Waals surface area contributed by atoms with Crippen LogP contribution in [0.3, 0.4) is 0 Å². The summed E-state index contributed by atoms with van der Waals surface area (Å²) in [6.45, 7) is 4.94. The third-order valence-electron chi connectivity index (χ3n) is 3.10. The fourth-order valence-electron chi connectivity index (χ4n) is 1.73. The van der Waals surface area contributed by atoms with Gasteiger partial charge in [0.25, 0.3) is 0 Å². The van der Waals surface area contributed by atoms with Crippen LogP contribution >= 0.6 is 0 Å². The van der Waals surface area contributed by atoms with Gasteiger partial charge in [-0.15, -0.1) is 0 Å². The average Bonchev–Trinajstić information content (AvgIpc) is 2.35. The molecule has 0 saturated carbocycles. The first-order valence-corrected chi connectivity index (χ1v) is 5.99. The molecule has 0 aromatic rings. The van der Waals surface area contributed by atoms with Crippen LogP contribution in [0, 0.1) is 5.92 Å². The van der Waals surface area contributed by atoms with Crippen LogP contribution in [0.4, 0.5) is 4.79 Å². The van der Waals surface area contributed by atoms with E-state index in [2.05, 4.69) is 5.32 Å². The summed E-state index contributed by atoms with van der Waals surface area (Å²) in [4.78, 5) is 24.5. The number of carboxylic acid groups (broad SMARTS) is 1. The van der Waals surface area contributed by atoms with Gasteiger partial charge in [0.2, 0.25) is 0 Å². The SMILES string of the molecule is CC[C@H](C)[C@H](NC(=O)N1CC=CCC1)C(=O)O. The number of urea groups is 1. The highest BCUT2D eigenvalue weighted by atomic mass is 16.4. The van der Waals surface area contributed by atoms with Crippen LogP contribution in [0.1, 0.15) is 26.7 Å². The number of aliphatic carboxylic acids is 1. The van der Waals surface area contributed by atoms with Crippen molar-refractivity contribution in [2.45, 2.75) is 32.7 Å². The molecule has 0 bridgehead atoms. The number of carbonyl (C=O) groups excluding carboxylic acids is 1. The maximum atomic E-state index is 11.9. The molecule has 0 unspecified atom stereocenters. The summed E-state index contributed by atoms with van der Waals surface area (Å²) in [6, 6.07) is -1.10. The summed E-state index contributed by atoms with van der Waals surface area (Å²) in [5.74, 6) is -1.04. The van der Waals surface area contributed by atoms with Gasteiger partial charge in [0.05, 0.1) is 0 Å². The van der Waals surface area contributed by atoms with Gasteiger partial charge in [-0.2, -0.15) is 0 Å². The van der Waals surface area contributed by atoms with Crippen molar-refractivity contribution >= 4 is 12.0 Å². The van der Waals surface area contributed by atoms with Crippen molar-refractivity contribution in [2.24, 2.45) is 5.92 Å². The standard InChI is InChI=1S/C12H20N2O3/c1-3-9(2)10(11(15)16)13-12(17)14-7-5-4-6-8-14/h4-5,9-10H,3,6-8H2,1-2H3,(H,13,17)(H,15,16)/t9-,10-/m0/s1. The zero-order valence-corrected chi connectivity index (χ0v) is 10.3. The van der Waals surface area contributed by atoms with Crippen LogP contribution in [0.2, 0.25) is 0 Å². The Kier molecular flexibility index (Phi) is 5.00. The first-order valence-electron chi connectivity index (χ1n) is 5.99. The lowest BCUT2D eigenvalue weighted by atomic mass is 9.99. The van der Waals surface area contributed by atoms with Gasteiger partial charge in [-0.05, 0) is 12.3 Å². The molecular weight excluding hydrogens is 220 g/mol. The smallest absolute Gasteiger partial charge is 0.326 e. The largest absolute Gasteiger partial charge is 0.480 e. The molecule has 0 saturated heterocycles. The molecule has 5 nitrogen and oxygen atoms in total. The normalized spacial score (nSPS) is 18.6. The maximum Gasteiger partial charge on any atom is 0.326 e. The summed E-state index contributed by atoms with van der Waals surface area (Å²) >= 11 is 0. The molecule has 2 atom stereocenters. The number of amides is 2. The second kappa shape index (κ2) is 6.27. The molecule has 96 valence electrons. The molecular formula is C12H20N2O3. The van der Waals surface area contributed by atoms with Crippen LogP contribution in [-0.2, 0) is 4.79 Å². The lowest BCUT2D eigenvalue weighted by molar-refractivity contribution is -0.140. The summed E-state index contributed by atoms with van der Waals surface area (Å²) in [7, 11) is 0. The number of carbonyl (C=O) groups is 2. The molecule has 2 amide bonds. The molecule has 1 aliphatic heterocycles. The highest BCUT2D eigenvalue weighted by Crippen LogP contribution is 2.09. The molecule has 0 aromatic heterocycles. The third kappa shape index (κ3) is 3.76. The van der Waals surface area contributed by atoms with E-state index in [1.54, 1.807) is 4.90 Å². The van der Waals surface area contributed by atoms with E-state index in [4.69, 9.17) is 5.11 Å². The van der Waals surface area contributed by atoms with E-state index in [0.717, 1.165) is 12.8 Å². The van der Waals surface area contributed by atoms with E-state index < -0.39 is 12.0 Å². The van der Waals surface area contributed by atoms with Crippen LogP contribution in [0.15, 0.2) is 12.2 Å². The molecule has 1 aliphatic rings. The Morgan fingerprint density at radius 3 is 2.65 bits per heavy atom. The zero-order chi connectivity index (χ0) is 12.8. The van der Waals surface area contributed by atoms with Gasteiger partial charge in [-0.25, -0.2) is 9.59 Å². The van der Waals surface area contributed by atoms with E-state index in [0.29, 0.717) is 13.1 Å². The number of nitrogens with one attached hydrogen (secondary N) is 1. The Morgan fingerprint density at radius 2 is 2.18 bits per heavy atom. The Morgan fingerprint density at radius 1 is 1.47 bits per heavy atom. The van der Waals surface area contributed by atoms with Gasteiger partial charge < -0.3 is 15.3 Å². The summed E-state index contributed by atoms with van der Waals surface area (Å²) in [5.41, 5.74) is 0. The first kappa shape index (κ1) is 13.5. The summed E-state index contributed by atoms with van der Waals surface area (Å²) in [6.07, 6.45) is 5.49. The summed E-state index contributed by atoms with van der Waals surface area (Å²) < 4.78 is 0. The van der Waals surface area contributed by atoms with Crippen molar-refractivity contribution in [1.29, 1.82) is 0 Å². The van der Waals surface area contributed by atoms with Gasteiger partial charge in [-0.1, -0.05) is 32.4 Å². The van der Waals surface area contributed by atoms with Crippen molar-refractivity contribution in [3.05, 3.63) is 12.2 Å². The Bertz CT molecular complexity index is 315. The second-order valence-corrected chi connectivity index (χ2v) is 4.36. The molecule has 1 rings (SSSR count). The molecule has 1 heterocycles. The second-order valence-electron chi connectivity index (χ2n) is 4.36. The highest BCUT2D eigenvalue weighted by Gasteiger charge is 2.27. The molecule has 0 fully saturated rings. The number of hydrogen-bond donors (Lipinski definition) is 2. The van der Waals surface area contributed by atoms with Crippen molar-refractivity contribution in [3.63, 3.8) is 0 Å². The third-order valence-corrected chi connectivity index (χ3v) is 3.10. The minimum atomic E-state index is -0.972. The first-order chi connectivity index (χ1) is 8.06. The topological polar surface area (TPSA) is 69.6 Å². The Hall–Kier alpha value is -1.52. The van der Waals surface area contributed by atoms with Crippen LogP contribution in [0.5, 0.6) is 0 Å². The lowest BCUT2D eigenvalue weighted by Gasteiger charge is -2.27. The number of rotatable bonds is 4. The van der Waals surface area contributed by atoms with Crippen LogP contribution in [-0.4, -0.2) is 41.1 Å². The Labute approximate surface area is 101 Å². The minimum Gasteiger partial charge on any atom is -0.480 e. The van der Waals surface area contributed by atoms with E-state index in [1.807, 2.05) is 26.0 Å². The average molecular weight is 240 g/mol. The summed E-state index contributed by atoms with van der Waals surface area (Å²) in [5, 5.41) is 11.7. The molecule has 0 radical (unpaired) electrons. The van der Waals surface area contributed by atoms with Gasteiger partial charge in [-0.3, -0.25) is 0 Å². The molecule has 2 N–H and O–H groups in total. The van der Waals surface area contributed by atoms with E-state index in [9.17, 15) is 9.59 Å². The zero-order valence-electron chi connectivity index (χ0n) is 10.3. The fourth-order valence-corrected chi connectivity index (χ4v) is 1.73. The predicted octanol–water partition coefficient (Wildman–Crippen LogP) is 1.46. The number of nitrogens with zero attached hydrogens (tertiary/aromatic N) is 1. The van der Waals surface area contributed by atoms with Gasteiger partial charge in [0.15, 0.2) is 0 Å². The van der Waals surface area contributed by atoms with Crippen molar-refractivity contribution < 1.29 is 14.7 Å². The highest BCUT2D eigenvalue weighted by molar-refractivity contribution is 5.82. The molecule has 0 spiro atoms. The predicted molar refractivity (Wildman–Crippen MR) is 64.7 cm³/mol. The minimum absolute atomic E-state index is 0.0724. The van der Waals surface area contributed by atoms with Crippen molar-refractivity contribution in [1.82, 2.24) is 10.2 Å². The number of hydrogen-bond acceptors (Lipinski definition) is 2. The van der Waals surface area contributed by atoms with Crippen LogP contribution in [0.25, 0.3) is 0 Å². The maximum absolute atomic E-state index is 11.9. The van der Waals surface area contributed by atoms with E-state index in [1.165, 1.54) is 0 Å². The van der Waals surface area contributed by atoms with Crippen LogP contribution < -0.4 is 5.32 Å². The Balaban J connectivity index is 2.57. The van der Waals surface area contributed by atoms with Crippen molar-refractivity contribution in [2.75, 3.05) is 13.1 Å². The molecule has 17 heavy (non-hydrogen) atoms. The lowest BCUT2D eigenvalue weighted by Crippen LogP contribution is -2.51. The monoisotopic (exact) mass is 240 g/mol. The van der Waals surface area contributed by atoms with Gasteiger partial charge >= 0.3 is 12.0 Å². The van der Waals surface area contributed by atoms with Crippen molar-refractivity contribution in [3.8, 4) is 0 Å². The van der Waals surface area contributed by atoms with Gasteiger partial charge in [0, 0.05) is 13.1 Å². The molecule has 0 aliphatic carbocycles. The van der Waals surface area contributed by atoms with E-state index in [-0.39, 0.29) is 11.9 Å². The number of carboxylic acids is 1. The molecule has 0 aromatic carbocycles. The van der Waals surface area contributed by atoms with Gasteiger partial charge in [0.1, 0.15) is 6.04 Å². The molecule has 5 heteroatoms. The fraction of sp³-hybridized carbons (Fsp3) is 0.667. The quantitative estimate of drug-likeness (QED) is 0.731. The van der Waals surface area contributed by atoms with E-state index >= 15 is 0 Å².